The zero-order valence-corrected chi connectivity index (χ0v) is 9.79. The van der Waals surface area contributed by atoms with Gasteiger partial charge >= 0.3 is 5.97 Å². The van der Waals surface area contributed by atoms with Crippen LogP contribution < -0.4 is 0 Å². The topological polar surface area (TPSA) is 29.5 Å². The molecule has 0 radical (unpaired) electrons. The van der Waals surface area contributed by atoms with Crippen molar-refractivity contribution in [3.8, 4) is 0 Å². The second-order valence-electron chi connectivity index (χ2n) is 3.97. The van der Waals surface area contributed by atoms with Crippen molar-refractivity contribution < 1.29 is 9.53 Å². The Morgan fingerprint density at radius 1 is 1.33 bits per heavy atom. The van der Waals surface area contributed by atoms with Crippen molar-refractivity contribution in [3.63, 3.8) is 0 Å². The van der Waals surface area contributed by atoms with Crippen molar-refractivity contribution in [3.05, 3.63) is 11.6 Å². The van der Waals surface area contributed by atoms with Crippen LogP contribution in [0.25, 0.3) is 0 Å². The largest absolute Gasteiger partial charge is 0.463 e. The van der Waals surface area contributed by atoms with E-state index in [-0.39, 0.29) is 5.97 Å². The summed E-state index contributed by atoms with van der Waals surface area (Å²) in [6, 6.07) is 0. The molecule has 0 bridgehead atoms. The Balaban J connectivity index is 2.31. The summed E-state index contributed by atoms with van der Waals surface area (Å²) in [7, 11) is 0. The van der Waals surface area contributed by atoms with Crippen molar-refractivity contribution in [1.82, 2.24) is 4.90 Å². The van der Waals surface area contributed by atoms with Crippen LogP contribution in [0.5, 0.6) is 0 Å². The average Bonchev–Trinajstić information content (AvgIpc) is 2.27. The third-order valence-corrected chi connectivity index (χ3v) is 2.70. The van der Waals surface area contributed by atoms with Gasteiger partial charge in [0, 0.05) is 12.1 Å². The zero-order chi connectivity index (χ0) is 11.1. The molecule has 1 fully saturated rings. The molecule has 0 atom stereocenters. The normalized spacial score (nSPS) is 18.9. The molecule has 3 nitrogen and oxygen atoms in total. The molecular formula is C12H21NO2. The second kappa shape index (κ2) is 6.62. The molecule has 0 aromatic rings. The highest BCUT2D eigenvalue weighted by atomic mass is 16.5. The Kier molecular flexibility index (Phi) is 5.40. The number of esters is 1. The van der Waals surface area contributed by atoms with Gasteiger partial charge in [-0.05, 0) is 39.8 Å². The first kappa shape index (κ1) is 12.2. The van der Waals surface area contributed by atoms with Crippen molar-refractivity contribution in [2.75, 3.05) is 26.2 Å². The van der Waals surface area contributed by atoms with Gasteiger partial charge in [-0.1, -0.05) is 12.5 Å². The molecule has 3 heteroatoms. The third kappa shape index (κ3) is 4.47. The van der Waals surface area contributed by atoms with Crippen molar-refractivity contribution in [2.45, 2.75) is 33.1 Å². The number of hydrogen-bond acceptors (Lipinski definition) is 3. The van der Waals surface area contributed by atoms with Crippen LogP contribution in [0.4, 0.5) is 0 Å². The lowest BCUT2D eigenvalue weighted by atomic mass is 10.1. The Labute approximate surface area is 92.1 Å². The SMILES string of the molecule is CCOC(=O)C(C)=CCN1CCCCC1. The molecule has 0 aliphatic carbocycles. The van der Waals surface area contributed by atoms with Gasteiger partial charge in [-0.25, -0.2) is 4.79 Å². The zero-order valence-electron chi connectivity index (χ0n) is 9.79. The smallest absolute Gasteiger partial charge is 0.333 e. The maximum Gasteiger partial charge on any atom is 0.333 e. The van der Waals surface area contributed by atoms with E-state index in [1.807, 2.05) is 19.9 Å². The number of carbonyl (C=O) groups is 1. The van der Waals surface area contributed by atoms with Crippen LogP contribution in [0.15, 0.2) is 11.6 Å². The predicted molar refractivity (Wildman–Crippen MR) is 60.7 cm³/mol. The molecule has 1 saturated heterocycles. The molecular weight excluding hydrogens is 190 g/mol. The molecule has 86 valence electrons. The maximum atomic E-state index is 11.3. The number of piperidine rings is 1. The summed E-state index contributed by atoms with van der Waals surface area (Å²) >= 11 is 0. The van der Waals surface area contributed by atoms with Crippen LogP contribution in [-0.2, 0) is 9.53 Å². The van der Waals surface area contributed by atoms with Gasteiger partial charge in [-0.2, -0.15) is 0 Å². The lowest BCUT2D eigenvalue weighted by molar-refractivity contribution is -0.138. The molecule has 0 N–H and O–H groups in total. The molecule has 0 saturated carbocycles. The van der Waals surface area contributed by atoms with Gasteiger partial charge in [0.05, 0.1) is 6.61 Å². The van der Waals surface area contributed by atoms with Crippen LogP contribution in [0.3, 0.4) is 0 Å². The lowest BCUT2D eigenvalue weighted by Crippen LogP contribution is -2.30. The van der Waals surface area contributed by atoms with Gasteiger partial charge in [-0.15, -0.1) is 0 Å². The van der Waals surface area contributed by atoms with E-state index < -0.39 is 0 Å². The molecule has 1 rings (SSSR count). The van der Waals surface area contributed by atoms with Gasteiger partial charge in [0.15, 0.2) is 0 Å². The van der Waals surface area contributed by atoms with Crippen LogP contribution in [0.1, 0.15) is 33.1 Å². The summed E-state index contributed by atoms with van der Waals surface area (Å²) in [5, 5.41) is 0. The molecule has 0 amide bonds. The van der Waals surface area contributed by atoms with E-state index in [0.29, 0.717) is 6.61 Å². The van der Waals surface area contributed by atoms with Crippen LogP contribution in [0.2, 0.25) is 0 Å². The number of hydrogen-bond donors (Lipinski definition) is 0. The summed E-state index contributed by atoms with van der Waals surface area (Å²) in [5.74, 6) is -0.186. The second-order valence-corrected chi connectivity index (χ2v) is 3.97. The Morgan fingerprint density at radius 3 is 2.60 bits per heavy atom. The van der Waals surface area contributed by atoms with Gasteiger partial charge in [0.25, 0.3) is 0 Å². The van der Waals surface area contributed by atoms with Crippen LogP contribution in [-0.4, -0.2) is 37.1 Å². The Hall–Kier alpha value is -0.830. The van der Waals surface area contributed by atoms with E-state index in [0.717, 1.165) is 25.2 Å². The maximum absolute atomic E-state index is 11.3. The number of nitrogens with zero attached hydrogens (tertiary/aromatic N) is 1. The summed E-state index contributed by atoms with van der Waals surface area (Å²) in [6.45, 7) is 7.30. The number of rotatable bonds is 4. The van der Waals surface area contributed by atoms with Gasteiger partial charge < -0.3 is 4.74 Å². The molecule has 1 heterocycles. The van der Waals surface area contributed by atoms with E-state index in [9.17, 15) is 4.79 Å². The van der Waals surface area contributed by atoms with E-state index in [1.165, 1.54) is 19.3 Å². The highest BCUT2D eigenvalue weighted by Gasteiger charge is 2.09. The highest BCUT2D eigenvalue weighted by Crippen LogP contribution is 2.08. The monoisotopic (exact) mass is 211 g/mol. The molecule has 15 heavy (non-hydrogen) atoms. The summed E-state index contributed by atoms with van der Waals surface area (Å²) in [4.78, 5) is 13.7. The van der Waals surface area contributed by atoms with Crippen LogP contribution >= 0.6 is 0 Å². The van der Waals surface area contributed by atoms with E-state index in [4.69, 9.17) is 4.74 Å². The minimum Gasteiger partial charge on any atom is -0.463 e. The van der Waals surface area contributed by atoms with Crippen molar-refractivity contribution in [2.24, 2.45) is 0 Å². The summed E-state index contributed by atoms with van der Waals surface area (Å²) < 4.78 is 4.92. The minimum absolute atomic E-state index is 0.186. The highest BCUT2D eigenvalue weighted by molar-refractivity contribution is 5.87. The van der Waals surface area contributed by atoms with Gasteiger partial charge in [-0.3, -0.25) is 4.90 Å². The Bertz CT molecular complexity index is 230. The molecule has 0 spiro atoms. The standard InChI is InChI=1S/C12H21NO2/c1-3-15-12(14)11(2)7-10-13-8-5-4-6-9-13/h7H,3-6,8-10H2,1-2H3. The first-order chi connectivity index (χ1) is 7.24. The van der Waals surface area contributed by atoms with Crippen molar-refractivity contribution >= 4 is 5.97 Å². The molecule has 0 aromatic carbocycles. The average molecular weight is 211 g/mol. The summed E-state index contributed by atoms with van der Waals surface area (Å²) in [5.41, 5.74) is 0.724. The van der Waals surface area contributed by atoms with E-state index in [2.05, 4.69) is 4.90 Å². The fourth-order valence-corrected chi connectivity index (χ4v) is 1.74. The molecule has 1 aliphatic rings. The van der Waals surface area contributed by atoms with Crippen LogP contribution in [0, 0.1) is 0 Å². The first-order valence-corrected chi connectivity index (χ1v) is 5.80. The summed E-state index contributed by atoms with van der Waals surface area (Å²) in [6.07, 6.45) is 5.89. The van der Waals surface area contributed by atoms with Gasteiger partial charge in [0.2, 0.25) is 0 Å². The third-order valence-electron chi connectivity index (χ3n) is 2.70. The van der Waals surface area contributed by atoms with Crippen molar-refractivity contribution in [1.29, 1.82) is 0 Å². The number of ether oxygens (including phenoxy) is 1. The fourth-order valence-electron chi connectivity index (χ4n) is 1.74. The minimum atomic E-state index is -0.186. The number of carbonyl (C=O) groups excluding carboxylic acids is 1. The first-order valence-electron chi connectivity index (χ1n) is 5.80. The van der Waals surface area contributed by atoms with E-state index in [1.54, 1.807) is 0 Å². The molecule has 0 unspecified atom stereocenters. The molecule has 1 aliphatic heterocycles. The fraction of sp³-hybridized carbons (Fsp3) is 0.750. The lowest BCUT2D eigenvalue weighted by Gasteiger charge is -2.25. The quantitative estimate of drug-likeness (QED) is 0.526. The predicted octanol–water partition coefficient (Wildman–Crippen LogP) is 1.98. The number of likely N-dealkylation sites (tertiary alicyclic amines) is 1. The molecule has 0 aromatic heterocycles. The Morgan fingerprint density at radius 2 is 2.00 bits per heavy atom. The van der Waals surface area contributed by atoms with Gasteiger partial charge in [0.1, 0.15) is 0 Å². The van der Waals surface area contributed by atoms with E-state index >= 15 is 0 Å².